The van der Waals surface area contributed by atoms with Crippen molar-refractivity contribution in [3.05, 3.63) is 35.9 Å². The SMILES string of the molecule is CC(=O)N1CCC[C@]1(C(=O)[O-])c1ccccc1. The minimum Gasteiger partial charge on any atom is -0.547 e. The van der Waals surface area contributed by atoms with E-state index in [-0.39, 0.29) is 5.91 Å². The summed E-state index contributed by atoms with van der Waals surface area (Å²) in [4.78, 5) is 24.5. The molecular formula is C13H14NO3-. The van der Waals surface area contributed by atoms with Crippen LogP contribution in [0.1, 0.15) is 25.3 Å². The molecule has 0 saturated carbocycles. The van der Waals surface area contributed by atoms with Gasteiger partial charge in [-0.15, -0.1) is 0 Å². The summed E-state index contributed by atoms with van der Waals surface area (Å²) < 4.78 is 0. The van der Waals surface area contributed by atoms with Gasteiger partial charge < -0.3 is 14.8 Å². The number of carbonyl (C=O) groups excluding carboxylic acids is 2. The molecule has 1 aliphatic heterocycles. The number of carboxylic acid groups (broad SMARTS) is 1. The van der Waals surface area contributed by atoms with Gasteiger partial charge in [0.2, 0.25) is 5.91 Å². The molecule has 0 spiro atoms. The fourth-order valence-corrected chi connectivity index (χ4v) is 2.59. The number of hydrogen-bond acceptors (Lipinski definition) is 3. The lowest BCUT2D eigenvalue weighted by molar-refractivity contribution is -0.318. The largest absolute Gasteiger partial charge is 0.547 e. The first-order valence-electron chi connectivity index (χ1n) is 5.64. The molecule has 0 N–H and O–H groups in total. The van der Waals surface area contributed by atoms with Crippen molar-refractivity contribution in [2.75, 3.05) is 6.54 Å². The highest BCUT2D eigenvalue weighted by atomic mass is 16.4. The number of nitrogens with zero attached hydrogens (tertiary/aromatic N) is 1. The van der Waals surface area contributed by atoms with E-state index in [9.17, 15) is 14.7 Å². The zero-order valence-corrected chi connectivity index (χ0v) is 9.68. The van der Waals surface area contributed by atoms with Gasteiger partial charge in [0, 0.05) is 13.5 Å². The van der Waals surface area contributed by atoms with Gasteiger partial charge in [0.1, 0.15) is 5.54 Å². The van der Waals surface area contributed by atoms with Gasteiger partial charge in [-0.2, -0.15) is 0 Å². The monoisotopic (exact) mass is 232 g/mol. The van der Waals surface area contributed by atoms with Gasteiger partial charge >= 0.3 is 0 Å². The van der Waals surface area contributed by atoms with Crippen LogP contribution < -0.4 is 5.11 Å². The number of carbonyl (C=O) groups is 2. The summed E-state index contributed by atoms with van der Waals surface area (Å²) in [5, 5.41) is 11.5. The van der Waals surface area contributed by atoms with E-state index in [1.165, 1.54) is 11.8 Å². The number of benzene rings is 1. The van der Waals surface area contributed by atoms with Crippen LogP contribution in [0, 0.1) is 0 Å². The second-order valence-corrected chi connectivity index (χ2v) is 4.29. The van der Waals surface area contributed by atoms with E-state index in [0.717, 1.165) is 0 Å². The fourth-order valence-electron chi connectivity index (χ4n) is 2.59. The van der Waals surface area contributed by atoms with Crippen molar-refractivity contribution in [3.8, 4) is 0 Å². The highest BCUT2D eigenvalue weighted by Crippen LogP contribution is 2.38. The van der Waals surface area contributed by atoms with Gasteiger partial charge in [0.15, 0.2) is 0 Å². The van der Waals surface area contributed by atoms with E-state index in [4.69, 9.17) is 0 Å². The Morgan fingerprint density at radius 2 is 1.94 bits per heavy atom. The molecule has 1 atom stereocenters. The van der Waals surface area contributed by atoms with Gasteiger partial charge in [0.25, 0.3) is 0 Å². The maximum absolute atomic E-state index is 11.6. The molecule has 1 aliphatic rings. The summed E-state index contributed by atoms with van der Waals surface area (Å²) in [6.45, 7) is 1.87. The lowest BCUT2D eigenvalue weighted by atomic mass is 9.87. The Morgan fingerprint density at radius 3 is 2.47 bits per heavy atom. The standard InChI is InChI=1S/C13H15NO3/c1-10(15)14-9-5-8-13(14,12(16)17)11-6-3-2-4-7-11/h2-4,6-7H,5,8-9H2,1H3,(H,16,17)/p-1/t13-/m1/s1. The van der Waals surface area contributed by atoms with Crippen LogP contribution in [0.5, 0.6) is 0 Å². The molecule has 1 heterocycles. The lowest BCUT2D eigenvalue weighted by Crippen LogP contribution is -2.55. The van der Waals surface area contributed by atoms with Crippen LogP contribution in [-0.2, 0) is 15.1 Å². The number of amides is 1. The van der Waals surface area contributed by atoms with Crippen molar-refractivity contribution in [2.45, 2.75) is 25.3 Å². The van der Waals surface area contributed by atoms with Crippen LogP contribution in [0.25, 0.3) is 0 Å². The zero-order valence-electron chi connectivity index (χ0n) is 9.68. The van der Waals surface area contributed by atoms with Crippen molar-refractivity contribution in [3.63, 3.8) is 0 Å². The molecule has 0 bridgehead atoms. The fraction of sp³-hybridized carbons (Fsp3) is 0.385. The lowest BCUT2D eigenvalue weighted by Gasteiger charge is -2.39. The summed E-state index contributed by atoms with van der Waals surface area (Å²) in [6.07, 6.45) is 1.10. The summed E-state index contributed by atoms with van der Waals surface area (Å²) in [5.74, 6) is -1.42. The molecule has 4 heteroatoms. The third kappa shape index (κ3) is 1.69. The molecule has 90 valence electrons. The molecule has 0 aliphatic carbocycles. The second-order valence-electron chi connectivity index (χ2n) is 4.29. The van der Waals surface area contributed by atoms with Crippen molar-refractivity contribution >= 4 is 11.9 Å². The van der Waals surface area contributed by atoms with E-state index in [1.54, 1.807) is 24.3 Å². The van der Waals surface area contributed by atoms with Crippen molar-refractivity contribution in [1.82, 2.24) is 4.90 Å². The predicted molar refractivity (Wildman–Crippen MR) is 59.7 cm³/mol. The average molecular weight is 232 g/mol. The summed E-state index contributed by atoms with van der Waals surface area (Å²) in [5.41, 5.74) is -0.666. The van der Waals surface area contributed by atoms with Crippen molar-refractivity contribution in [1.29, 1.82) is 0 Å². The first kappa shape index (κ1) is 11.6. The Kier molecular flexibility index (Phi) is 2.88. The average Bonchev–Trinajstić information content (AvgIpc) is 2.75. The summed E-state index contributed by atoms with van der Waals surface area (Å²) >= 11 is 0. The molecule has 1 amide bonds. The first-order valence-corrected chi connectivity index (χ1v) is 5.64. The molecule has 1 fully saturated rings. The number of aliphatic carboxylic acids is 1. The van der Waals surface area contributed by atoms with Crippen molar-refractivity contribution in [2.24, 2.45) is 0 Å². The minimum atomic E-state index is -1.28. The number of carboxylic acids is 1. The van der Waals surface area contributed by atoms with Crippen LogP contribution in [0.2, 0.25) is 0 Å². The van der Waals surface area contributed by atoms with Gasteiger partial charge in [-0.1, -0.05) is 30.3 Å². The molecule has 17 heavy (non-hydrogen) atoms. The molecule has 4 nitrogen and oxygen atoms in total. The molecule has 2 rings (SSSR count). The van der Waals surface area contributed by atoms with E-state index < -0.39 is 11.5 Å². The van der Waals surface area contributed by atoms with Gasteiger partial charge in [0.05, 0.1) is 5.97 Å². The smallest absolute Gasteiger partial charge is 0.220 e. The Bertz CT molecular complexity index is 443. The summed E-state index contributed by atoms with van der Waals surface area (Å²) in [6, 6.07) is 8.83. The normalized spacial score (nSPS) is 23.7. The highest BCUT2D eigenvalue weighted by Gasteiger charge is 2.45. The van der Waals surface area contributed by atoms with E-state index in [1.807, 2.05) is 6.07 Å². The van der Waals surface area contributed by atoms with Crippen molar-refractivity contribution < 1.29 is 14.7 Å². The maximum Gasteiger partial charge on any atom is 0.220 e. The maximum atomic E-state index is 11.6. The van der Waals surface area contributed by atoms with Crippen LogP contribution in [0.4, 0.5) is 0 Å². The van der Waals surface area contributed by atoms with Gasteiger partial charge in [-0.05, 0) is 18.4 Å². The Hall–Kier alpha value is -1.84. The molecule has 1 aromatic carbocycles. The quantitative estimate of drug-likeness (QED) is 0.735. The highest BCUT2D eigenvalue weighted by molar-refractivity contribution is 5.87. The first-order chi connectivity index (χ1) is 8.09. The Balaban J connectivity index is 2.54. The van der Waals surface area contributed by atoms with Gasteiger partial charge in [-0.3, -0.25) is 4.79 Å². The molecule has 1 aromatic rings. The summed E-state index contributed by atoms with van der Waals surface area (Å²) in [7, 11) is 0. The van der Waals surface area contributed by atoms with E-state index in [0.29, 0.717) is 24.9 Å². The van der Waals surface area contributed by atoms with Crippen LogP contribution in [0.3, 0.4) is 0 Å². The van der Waals surface area contributed by atoms with Crippen LogP contribution >= 0.6 is 0 Å². The van der Waals surface area contributed by atoms with Gasteiger partial charge in [-0.25, -0.2) is 0 Å². The number of likely N-dealkylation sites (tertiary alicyclic amines) is 1. The molecule has 1 saturated heterocycles. The molecular weight excluding hydrogens is 218 g/mol. The predicted octanol–water partition coefficient (Wildman–Crippen LogP) is 0.274. The number of rotatable bonds is 2. The van der Waals surface area contributed by atoms with E-state index >= 15 is 0 Å². The topological polar surface area (TPSA) is 60.4 Å². The molecule has 0 unspecified atom stereocenters. The zero-order chi connectivity index (χ0) is 12.5. The van der Waals surface area contributed by atoms with Crippen LogP contribution in [0.15, 0.2) is 30.3 Å². The minimum absolute atomic E-state index is 0.226. The Labute approximate surface area is 99.9 Å². The van der Waals surface area contributed by atoms with E-state index in [2.05, 4.69) is 0 Å². The molecule has 0 aromatic heterocycles. The number of hydrogen-bond donors (Lipinski definition) is 0. The third-order valence-electron chi connectivity index (χ3n) is 3.35. The Morgan fingerprint density at radius 1 is 1.29 bits per heavy atom. The van der Waals surface area contributed by atoms with Crippen LogP contribution in [-0.4, -0.2) is 23.3 Å². The molecule has 0 radical (unpaired) electrons. The third-order valence-corrected chi connectivity index (χ3v) is 3.35. The second kappa shape index (κ2) is 4.20.